The van der Waals surface area contributed by atoms with Gasteiger partial charge in [0.15, 0.2) is 0 Å². The van der Waals surface area contributed by atoms with Crippen LogP contribution in [-0.2, 0) is 0 Å². The number of hydrogen-bond acceptors (Lipinski definition) is 1. The number of benzene rings is 1. The monoisotopic (exact) mass is 268 g/mol. The van der Waals surface area contributed by atoms with Crippen LogP contribution in [-0.4, -0.2) is 24.0 Å². The maximum absolute atomic E-state index is 11.7. The first kappa shape index (κ1) is 10.5. The number of rotatable bonds is 1. The quantitative estimate of drug-likeness (QED) is 0.834. The van der Waals surface area contributed by atoms with E-state index in [1.807, 2.05) is 29.2 Å². The molecule has 2 amide bonds. The maximum atomic E-state index is 11.7. The topological polar surface area (TPSA) is 32.3 Å². The predicted molar refractivity (Wildman–Crippen MR) is 64.0 cm³/mol. The average molecular weight is 269 g/mol. The largest absolute Gasteiger partial charge is 0.325 e. The van der Waals surface area contributed by atoms with E-state index in [0.29, 0.717) is 0 Å². The molecule has 1 aliphatic heterocycles. The van der Waals surface area contributed by atoms with Crippen LogP contribution in [0, 0.1) is 0 Å². The maximum Gasteiger partial charge on any atom is 0.321 e. The van der Waals surface area contributed by atoms with E-state index in [0.717, 1.165) is 36.1 Å². The van der Waals surface area contributed by atoms with Crippen molar-refractivity contribution in [1.29, 1.82) is 0 Å². The lowest BCUT2D eigenvalue weighted by atomic mass is 10.3. The summed E-state index contributed by atoms with van der Waals surface area (Å²) in [5.41, 5.74) is 0.843. The highest BCUT2D eigenvalue weighted by molar-refractivity contribution is 9.10. The van der Waals surface area contributed by atoms with Gasteiger partial charge in [-0.25, -0.2) is 4.79 Å². The summed E-state index contributed by atoms with van der Waals surface area (Å²) < 4.78 is 1.02. The molecule has 0 bridgehead atoms. The molecule has 1 saturated heterocycles. The number of urea groups is 1. The van der Waals surface area contributed by atoms with Crippen molar-refractivity contribution in [2.75, 3.05) is 18.4 Å². The van der Waals surface area contributed by atoms with Crippen molar-refractivity contribution < 1.29 is 4.79 Å². The van der Waals surface area contributed by atoms with Crippen LogP contribution < -0.4 is 5.32 Å². The Balaban J connectivity index is 1.96. The molecule has 0 spiro atoms. The van der Waals surface area contributed by atoms with Crippen LogP contribution in [0.1, 0.15) is 12.8 Å². The van der Waals surface area contributed by atoms with Gasteiger partial charge in [-0.05, 0) is 37.1 Å². The Hall–Kier alpha value is -1.03. The molecule has 15 heavy (non-hydrogen) atoms. The fourth-order valence-corrected chi connectivity index (χ4v) is 1.92. The summed E-state index contributed by atoms with van der Waals surface area (Å²) >= 11 is 3.35. The van der Waals surface area contributed by atoms with Crippen molar-refractivity contribution in [1.82, 2.24) is 4.90 Å². The molecule has 0 aromatic heterocycles. The van der Waals surface area contributed by atoms with Gasteiger partial charge in [0.05, 0.1) is 0 Å². The van der Waals surface area contributed by atoms with Crippen LogP contribution in [0.15, 0.2) is 28.7 Å². The minimum Gasteiger partial charge on any atom is -0.325 e. The van der Waals surface area contributed by atoms with Crippen molar-refractivity contribution in [2.45, 2.75) is 12.8 Å². The number of nitrogens with one attached hydrogen (secondary N) is 1. The summed E-state index contributed by atoms with van der Waals surface area (Å²) in [7, 11) is 0. The minimum absolute atomic E-state index is 0.00909. The molecule has 0 atom stereocenters. The molecule has 4 heteroatoms. The van der Waals surface area contributed by atoms with Gasteiger partial charge in [0.2, 0.25) is 0 Å². The highest BCUT2D eigenvalue weighted by atomic mass is 79.9. The zero-order chi connectivity index (χ0) is 10.7. The number of likely N-dealkylation sites (tertiary alicyclic amines) is 1. The van der Waals surface area contributed by atoms with Gasteiger partial charge in [0.25, 0.3) is 0 Å². The Morgan fingerprint density at radius 2 is 1.80 bits per heavy atom. The molecule has 1 aromatic carbocycles. The van der Waals surface area contributed by atoms with E-state index < -0.39 is 0 Å². The molecule has 0 radical (unpaired) electrons. The lowest BCUT2D eigenvalue weighted by molar-refractivity contribution is 0.222. The van der Waals surface area contributed by atoms with E-state index in [1.54, 1.807) is 0 Å². The third-order valence-corrected chi connectivity index (χ3v) is 3.02. The normalized spacial score (nSPS) is 15.4. The molecule has 0 unspecified atom stereocenters. The molecule has 80 valence electrons. The molecule has 3 nitrogen and oxygen atoms in total. The molecule has 0 aliphatic carbocycles. The van der Waals surface area contributed by atoms with E-state index in [1.165, 1.54) is 0 Å². The average Bonchev–Trinajstić information content (AvgIpc) is 2.74. The van der Waals surface area contributed by atoms with Crippen LogP contribution in [0.25, 0.3) is 0 Å². The second kappa shape index (κ2) is 4.66. The Bertz CT molecular complexity index is 344. The lowest BCUT2D eigenvalue weighted by Crippen LogP contribution is -2.32. The third-order valence-electron chi connectivity index (χ3n) is 2.49. The molecular weight excluding hydrogens is 256 g/mol. The van der Waals surface area contributed by atoms with Gasteiger partial charge in [0.1, 0.15) is 0 Å². The van der Waals surface area contributed by atoms with E-state index >= 15 is 0 Å². The smallest absolute Gasteiger partial charge is 0.321 e. The van der Waals surface area contributed by atoms with Gasteiger partial charge >= 0.3 is 6.03 Å². The molecule has 1 N–H and O–H groups in total. The SMILES string of the molecule is O=C(Nc1ccc(Br)cc1)N1CCCC1. The van der Waals surface area contributed by atoms with Gasteiger partial charge in [-0.1, -0.05) is 15.9 Å². The second-order valence-electron chi connectivity index (χ2n) is 3.63. The number of carbonyl (C=O) groups is 1. The Kier molecular flexibility index (Phi) is 3.26. The zero-order valence-corrected chi connectivity index (χ0v) is 9.96. The molecule has 1 heterocycles. The fourth-order valence-electron chi connectivity index (χ4n) is 1.66. The van der Waals surface area contributed by atoms with Crippen LogP contribution in [0.3, 0.4) is 0 Å². The highest BCUT2D eigenvalue weighted by Crippen LogP contribution is 2.15. The second-order valence-corrected chi connectivity index (χ2v) is 4.55. The van der Waals surface area contributed by atoms with Crippen LogP contribution >= 0.6 is 15.9 Å². The van der Waals surface area contributed by atoms with Gasteiger partial charge < -0.3 is 10.2 Å². The van der Waals surface area contributed by atoms with E-state index in [4.69, 9.17) is 0 Å². The fraction of sp³-hybridized carbons (Fsp3) is 0.364. The van der Waals surface area contributed by atoms with Crippen molar-refractivity contribution in [3.8, 4) is 0 Å². The van der Waals surface area contributed by atoms with Gasteiger partial charge in [0, 0.05) is 23.2 Å². The van der Waals surface area contributed by atoms with Gasteiger partial charge in [-0.3, -0.25) is 0 Å². The van der Waals surface area contributed by atoms with Crippen LogP contribution in [0.5, 0.6) is 0 Å². The Labute approximate surface area is 97.6 Å². The summed E-state index contributed by atoms with van der Waals surface area (Å²) in [5, 5.41) is 2.88. The lowest BCUT2D eigenvalue weighted by Gasteiger charge is -2.16. The van der Waals surface area contributed by atoms with Crippen molar-refractivity contribution in [2.24, 2.45) is 0 Å². The number of nitrogens with zero attached hydrogens (tertiary/aromatic N) is 1. The molecule has 2 rings (SSSR count). The zero-order valence-electron chi connectivity index (χ0n) is 8.37. The highest BCUT2D eigenvalue weighted by Gasteiger charge is 2.17. The molecule has 1 fully saturated rings. The van der Waals surface area contributed by atoms with E-state index in [2.05, 4.69) is 21.2 Å². The van der Waals surface area contributed by atoms with E-state index in [9.17, 15) is 4.79 Å². The van der Waals surface area contributed by atoms with Crippen molar-refractivity contribution in [3.05, 3.63) is 28.7 Å². The summed E-state index contributed by atoms with van der Waals surface area (Å²) in [5.74, 6) is 0. The Morgan fingerprint density at radius 3 is 2.40 bits per heavy atom. The van der Waals surface area contributed by atoms with Crippen LogP contribution in [0.2, 0.25) is 0 Å². The van der Waals surface area contributed by atoms with Crippen LogP contribution in [0.4, 0.5) is 10.5 Å². The first-order valence-electron chi connectivity index (χ1n) is 5.07. The van der Waals surface area contributed by atoms with Crippen molar-refractivity contribution >= 4 is 27.6 Å². The van der Waals surface area contributed by atoms with Gasteiger partial charge in [-0.15, -0.1) is 0 Å². The number of anilines is 1. The molecule has 1 aliphatic rings. The first-order chi connectivity index (χ1) is 7.25. The van der Waals surface area contributed by atoms with Gasteiger partial charge in [-0.2, -0.15) is 0 Å². The number of amides is 2. The summed E-state index contributed by atoms with van der Waals surface area (Å²) in [6.45, 7) is 1.75. The standard InChI is InChI=1S/C11H13BrN2O/c12-9-3-5-10(6-4-9)13-11(15)14-7-1-2-8-14/h3-6H,1-2,7-8H2,(H,13,15). The summed E-state index contributed by atoms with van der Waals surface area (Å²) in [6.07, 6.45) is 2.24. The predicted octanol–water partition coefficient (Wildman–Crippen LogP) is 3.08. The summed E-state index contributed by atoms with van der Waals surface area (Å²) in [4.78, 5) is 13.6. The summed E-state index contributed by atoms with van der Waals surface area (Å²) in [6, 6.07) is 7.62. The number of halogens is 1. The van der Waals surface area contributed by atoms with Crippen molar-refractivity contribution in [3.63, 3.8) is 0 Å². The molecule has 0 saturated carbocycles. The number of hydrogen-bond donors (Lipinski definition) is 1. The molecular formula is C11H13BrN2O. The van der Waals surface area contributed by atoms with E-state index in [-0.39, 0.29) is 6.03 Å². The first-order valence-corrected chi connectivity index (χ1v) is 5.86. The minimum atomic E-state index is 0.00909. The number of carbonyl (C=O) groups excluding carboxylic acids is 1. The Morgan fingerprint density at radius 1 is 1.20 bits per heavy atom. The third kappa shape index (κ3) is 2.72. The molecule has 1 aromatic rings.